The number of carbonyl (C=O) groups excluding carboxylic acids is 6. The number of Topliss-reactive ketones (excluding diaryl/α,β-unsaturated/α-hetero) is 2. The number of rotatable bonds is 8. The van der Waals surface area contributed by atoms with E-state index in [9.17, 15) is 37.2 Å². The zero-order chi connectivity index (χ0) is 45.5. The molecule has 0 bridgehead atoms. The van der Waals surface area contributed by atoms with Crippen LogP contribution in [0.3, 0.4) is 0 Å². The molecule has 10 rings (SSSR count). The average molecular weight is 928 g/mol. The minimum absolute atomic E-state index is 0.0614. The number of ether oxygens (including phenoxy) is 2. The van der Waals surface area contributed by atoms with Crippen molar-refractivity contribution < 1.29 is 55.0 Å². The highest BCUT2D eigenvalue weighted by Gasteiger charge is 2.76. The number of ketones is 4. The molecule has 6 fully saturated rings. The van der Waals surface area contributed by atoms with Gasteiger partial charge in [0, 0.05) is 82.1 Å². The molecule has 0 radical (unpaired) electrons. The van der Waals surface area contributed by atoms with Crippen molar-refractivity contribution in [2.75, 3.05) is 0 Å². The second-order valence-electron chi connectivity index (χ2n) is 21.8. The van der Waals surface area contributed by atoms with Crippen LogP contribution in [0.15, 0.2) is 45.5 Å². The van der Waals surface area contributed by atoms with Gasteiger partial charge < -0.3 is 9.47 Å². The smallest absolute Gasteiger partial charge is 0.400 e. The normalized spacial score (nSPS) is 49.6. The summed E-state index contributed by atoms with van der Waals surface area (Å²) in [7, 11) is -5.03. The molecule has 0 unspecified atom stereocenters. The summed E-state index contributed by atoms with van der Waals surface area (Å²) in [5, 5.41) is 0.808. The third-order valence-electron chi connectivity index (χ3n) is 19.4. The van der Waals surface area contributed by atoms with Crippen molar-refractivity contribution in [3.05, 3.63) is 45.5 Å². The first-order valence-electron chi connectivity index (χ1n) is 22.6. The molecule has 0 spiro atoms. The number of hydrogen-bond donors (Lipinski definition) is 0. The van der Waals surface area contributed by atoms with Crippen LogP contribution in [0.5, 0.6) is 0 Å². The van der Waals surface area contributed by atoms with Crippen LogP contribution < -0.4 is 0 Å². The van der Waals surface area contributed by atoms with E-state index in [4.69, 9.17) is 41.0 Å². The molecule has 10 aliphatic rings. The monoisotopic (exact) mass is 926 g/mol. The number of esters is 2. The molecule has 6 saturated carbocycles. The Kier molecular flexibility index (Phi) is 9.46. The van der Waals surface area contributed by atoms with Crippen molar-refractivity contribution in [3.8, 4) is 0 Å². The second-order valence-corrected chi connectivity index (χ2v) is 23.8. The van der Waals surface area contributed by atoms with E-state index >= 15 is 0 Å². The molecule has 0 aromatic rings. The van der Waals surface area contributed by atoms with Gasteiger partial charge in [-0.1, -0.05) is 63.0 Å². The minimum atomic E-state index is -5.03. The van der Waals surface area contributed by atoms with Gasteiger partial charge in [0.05, 0.1) is 12.2 Å². The van der Waals surface area contributed by atoms with Crippen LogP contribution in [0.25, 0.3) is 0 Å². The maximum absolute atomic E-state index is 14.9. The lowest BCUT2D eigenvalue weighted by Gasteiger charge is -2.58. The van der Waals surface area contributed by atoms with Gasteiger partial charge in [-0.25, -0.2) is 8.37 Å². The van der Waals surface area contributed by atoms with Gasteiger partial charge in [0.1, 0.15) is 0 Å². The minimum Gasteiger partial charge on any atom is -0.451 e. The Morgan fingerprint density at radius 2 is 0.984 bits per heavy atom. The van der Waals surface area contributed by atoms with Crippen molar-refractivity contribution in [2.45, 2.75) is 130 Å². The van der Waals surface area contributed by atoms with Gasteiger partial charge in [0.15, 0.2) is 34.3 Å². The van der Waals surface area contributed by atoms with E-state index in [0.29, 0.717) is 35.7 Å². The van der Waals surface area contributed by atoms with Crippen LogP contribution in [0.1, 0.15) is 107 Å². The molecule has 0 aromatic carbocycles. The molecule has 18 atom stereocenters. The third kappa shape index (κ3) is 5.61. The lowest BCUT2D eigenvalue weighted by atomic mass is 9.47. The van der Waals surface area contributed by atoms with E-state index in [0.717, 1.165) is 24.0 Å². The maximum atomic E-state index is 14.9. The molecule has 0 amide bonds. The fourth-order valence-corrected chi connectivity index (χ4v) is 18.4. The van der Waals surface area contributed by atoms with Crippen LogP contribution >= 0.6 is 23.2 Å². The lowest BCUT2D eigenvalue weighted by molar-refractivity contribution is -0.185. The molecule has 12 nitrogen and oxygen atoms in total. The molecule has 63 heavy (non-hydrogen) atoms. The summed E-state index contributed by atoms with van der Waals surface area (Å²) in [4.78, 5) is 79.8. The summed E-state index contributed by atoms with van der Waals surface area (Å²) < 4.78 is 54.6. The fourth-order valence-electron chi connectivity index (χ4n) is 16.6. The Bertz CT molecular complexity index is 2300. The van der Waals surface area contributed by atoms with Crippen LogP contribution in [0.2, 0.25) is 0 Å². The van der Waals surface area contributed by atoms with Gasteiger partial charge in [-0.2, -0.15) is 8.42 Å². The molecule has 0 saturated heterocycles. The van der Waals surface area contributed by atoms with E-state index in [2.05, 4.69) is 13.8 Å². The highest BCUT2D eigenvalue weighted by Crippen LogP contribution is 2.75. The summed E-state index contributed by atoms with van der Waals surface area (Å²) in [5.74, 6) is -4.69. The van der Waals surface area contributed by atoms with Crippen molar-refractivity contribution in [1.29, 1.82) is 0 Å². The van der Waals surface area contributed by atoms with Crippen LogP contribution in [0.4, 0.5) is 0 Å². The Labute approximate surface area is 378 Å². The summed E-state index contributed by atoms with van der Waals surface area (Å²) in [6.45, 7) is 13.2. The Morgan fingerprint density at radius 1 is 0.619 bits per heavy atom. The van der Waals surface area contributed by atoms with Gasteiger partial charge in [0.25, 0.3) is 0 Å². The van der Waals surface area contributed by atoms with Gasteiger partial charge in [-0.05, 0) is 111 Å². The first kappa shape index (κ1) is 43.9. The van der Waals surface area contributed by atoms with E-state index in [1.54, 1.807) is 12.2 Å². The van der Waals surface area contributed by atoms with Crippen LogP contribution in [0, 0.1) is 80.8 Å². The number of hydrogen-bond acceptors (Lipinski definition) is 12. The average Bonchev–Trinajstić information content (AvgIpc) is 4.09. The summed E-state index contributed by atoms with van der Waals surface area (Å²) in [6, 6.07) is 0. The van der Waals surface area contributed by atoms with Crippen molar-refractivity contribution in [2.24, 2.45) is 80.8 Å². The highest BCUT2D eigenvalue weighted by molar-refractivity contribution is 7.81. The second kappa shape index (κ2) is 13.6. The standard InChI is InChI=1S/C48H56Cl2O12S/c1-21(51)47(59-23(3)53)19-39(41-27-15-35(49)33-17-37(55)25-13-31(25)45(33,7)29(27)9-11-43(41,47)5)61-63(57,58)62-40-20-48(22(2)52,60-24(4)54)44(6)12-10-30-28(42(40)44)16-36(50)34-18-38(56)26-14-32(26)46(30,34)8/h15-18,25-32,39-42H,9-14,19-20H2,1-8H3/t25-,26-,27-,28-,29+,30+,31+,32+,39-,40-,41-,42-,43+,44+,45+,46+,47+,48+/m1/s1. The number of fused-ring (bicyclic) bond motifs is 14. The molecule has 340 valence electrons. The van der Waals surface area contributed by atoms with Gasteiger partial charge in [-0.3, -0.25) is 28.8 Å². The van der Waals surface area contributed by atoms with E-state index in [-0.39, 0.29) is 59.9 Å². The molecule has 10 aliphatic carbocycles. The van der Waals surface area contributed by atoms with Crippen LogP contribution in [-0.4, -0.2) is 66.9 Å². The van der Waals surface area contributed by atoms with Gasteiger partial charge in [0.2, 0.25) is 0 Å². The van der Waals surface area contributed by atoms with Gasteiger partial charge >= 0.3 is 22.3 Å². The molecule has 0 aromatic heterocycles. The Morgan fingerprint density at radius 3 is 1.32 bits per heavy atom. The van der Waals surface area contributed by atoms with Crippen molar-refractivity contribution >= 4 is 68.7 Å². The van der Waals surface area contributed by atoms with Gasteiger partial charge in [-0.15, -0.1) is 0 Å². The SMILES string of the molecule is CC(=O)O[C@]1(C(C)=O)C[C@@H](OS(=O)(=O)O[C@@H]2C[C@](OC(C)=O)(C(C)=O)[C@@]3(C)CC[C@H]4[C@@H](C=C(Cl)C5=CC(=O)[C@@H]6C[C@@H]6[C@@]54C)[C@H]23)[C@H]2[C@@H]3C=C(Cl)C4=CC(=O)[C@@H]5C[C@@H]5[C@]4(C)[C@H]3CC[C@@]21C. The maximum Gasteiger partial charge on any atom is 0.400 e. The predicted molar refractivity (Wildman–Crippen MR) is 227 cm³/mol. The largest absolute Gasteiger partial charge is 0.451 e. The first-order chi connectivity index (χ1) is 29.3. The number of allylic oxidation sites excluding steroid dienone is 8. The van der Waals surface area contributed by atoms with E-state index in [1.807, 2.05) is 26.0 Å². The van der Waals surface area contributed by atoms with E-state index in [1.165, 1.54) is 27.7 Å². The molecule has 0 N–H and O–H groups in total. The molecule has 15 heteroatoms. The molecular formula is C48H56Cl2O12S. The molecule has 0 heterocycles. The Hall–Kier alpha value is -2.97. The van der Waals surface area contributed by atoms with Crippen molar-refractivity contribution in [3.63, 3.8) is 0 Å². The first-order valence-corrected chi connectivity index (χ1v) is 24.7. The van der Waals surface area contributed by atoms with E-state index < -0.39 is 103 Å². The summed E-state index contributed by atoms with van der Waals surface area (Å²) in [5.41, 5.74) is -5.12. The zero-order valence-corrected chi connectivity index (χ0v) is 39.3. The third-order valence-corrected chi connectivity index (χ3v) is 21.0. The zero-order valence-electron chi connectivity index (χ0n) is 37.0. The quantitative estimate of drug-likeness (QED) is 0.220. The number of halogens is 2. The Balaban J connectivity index is 1.05. The predicted octanol–water partition coefficient (Wildman–Crippen LogP) is 7.46. The van der Waals surface area contributed by atoms with Crippen molar-refractivity contribution in [1.82, 2.24) is 0 Å². The lowest BCUT2D eigenvalue weighted by Crippen LogP contribution is -2.59. The highest BCUT2D eigenvalue weighted by atomic mass is 35.5. The topological polar surface area (TPSA) is 173 Å². The fraction of sp³-hybridized carbons (Fsp3) is 0.708. The number of carbonyl (C=O) groups is 6. The van der Waals surface area contributed by atoms with Crippen LogP contribution in [-0.2, 0) is 57.0 Å². The summed E-state index contributed by atoms with van der Waals surface area (Å²) >= 11 is 14.2. The summed E-state index contributed by atoms with van der Waals surface area (Å²) in [6.07, 6.45) is 7.56. The molecular weight excluding hydrogens is 871 g/mol. The molecule has 0 aliphatic heterocycles.